The number of aromatic nitrogens is 1. The van der Waals surface area contributed by atoms with Crippen LogP contribution in [0, 0.1) is 0 Å². The first-order valence-corrected chi connectivity index (χ1v) is 12.0. The topological polar surface area (TPSA) is 105 Å². The molecule has 0 bridgehead atoms. The number of rotatable bonds is 6. The normalized spacial score (nSPS) is 21.0. The average molecular weight is 486 g/mol. The minimum atomic E-state index is -0.252. The number of carbonyl (C=O) groups is 2. The van der Waals surface area contributed by atoms with Gasteiger partial charge in [-0.3, -0.25) is 4.79 Å². The van der Waals surface area contributed by atoms with Crippen LogP contribution in [0.4, 0.5) is 16.3 Å². The number of benzene rings is 2. The van der Waals surface area contributed by atoms with E-state index in [9.17, 15) is 9.59 Å². The summed E-state index contributed by atoms with van der Waals surface area (Å²) >= 11 is 0. The average Bonchev–Trinajstić information content (AvgIpc) is 3.35. The zero-order chi connectivity index (χ0) is 24.8. The van der Waals surface area contributed by atoms with Gasteiger partial charge in [-0.15, -0.1) is 0 Å². The molecular formula is C27H27N5O4. The number of nitrogens with one attached hydrogen (secondary N) is 3. The molecule has 0 radical (unpaired) electrons. The Morgan fingerprint density at radius 2 is 2.00 bits per heavy atom. The molecule has 9 heteroatoms. The number of urea groups is 1. The van der Waals surface area contributed by atoms with E-state index in [2.05, 4.69) is 25.8 Å². The SMILES string of the molecule is CN(C)Cc1ccc(NC(=O)N[C@H]2[C@H]3Oc4ccc(Oc5ccnc6c5CCC(=O)N6)cc4[C@@H]23)cc1. The third-order valence-electron chi connectivity index (χ3n) is 6.67. The molecule has 3 atom stereocenters. The molecule has 2 aliphatic heterocycles. The first kappa shape index (κ1) is 22.4. The summed E-state index contributed by atoms with van der Waals surface area (Å²) in [5, 5.41) is 8.73. The Balaban J connectivity index is 1.10. The Morgan fingerprint density at radius 3 is 2.81 bits per heavy atom. The summed E-state index contributed by atoms with van der Waals surface area (Å²) in [5.41, 5.74) is 3.84. The largest absolute Gasteiger partial charge is 0.487 e. The molecule has 3 aliphatic rings. The van der Waals surface area contributed by atoms with Crippen LogP contribution in [0.3, 0.4) is 0 Å². The molecule has 0 spiro atoms. The predicted molar refractivity (Wildman–Crippen MR) is 135 cm³/mol. The summed E-state index contributed by atoms with van der Waals surface area (Å²) in [6.45, 7) is 0.848. The summed E-state index contributed by atoms with van der Waals surface area (Å²) in [6, 6.07) is 15.0. The van der Waals surface area contributed by atoms with Gasteiger partial charge in [0.1, 0.15) is 29.2 Å². The molecule has 6 rings (SSSR count). The maximum absolute atomic E-state index is 12.6. The summed E-state index contributed by atoms with van der Waals surface area (Å²) in [5.74, 6) is 2.77. The molecule has 0 unspecified atom stereocenters. The highest BCUT2D eigenvalue weighted by Gasteiger charge is 2.59. The van der Waals surface area contributed by atoms with Gasteiger partial charge in [-0.05, 0) is 62.5 Å². The first-order chi connectivity index (χ1) is 17.4. The lowest BCUT2D eigenvalue weighted by molar-refractivity contribution is -0.116. The van der Waals surface area contributed by atoms with Gasteiger partial charge < -0.3 is 30.3 Å². The highest BCUT2D eigenvalue weighted by atomic mass is 16.5. The van der Waals surface area contributed by atoms with E-state index < -0.39 is 0 Å². The van der Waals surface area contributed by atoms with Crippen molar-refractivity contribution >= 4 is 23.4 Å². The lowest BCUT2D eigenvalue weighted by atomic mass is 10.1. The van der Waals surface area contributed by atoms with Crippen molar-refractivity contribution in [2.24, 2.45) is 0 Å². The minimum Gasteiger partial charge on any atom is -0.487 e. The summed E-state index contributed by atoms with van der Waals surface area (Å²) in [4.78, 5) is 30.6. The zero-order valence-corrected chi connectivity index (χ0v) is 20.1. The number of hydrogen-bond acceptors (Lipinski definition) is 6. The van der Waals surface area contributed by atoms with Crippen molar-refractivity contribution in [3.63, 3.8) is 0 Å². The van der Waals surface area contributed by atoms with Crippen molar-refractivity contribution in [2.45, 2.75) is 37.5 Å². The van der Waals surface area contributed by atoms with Crippen molar-refractivity contribution in [1.82, 2.24) is 15.2 Å². The Labute approximate surface area is 208 Å². The van der Waals surface area contributed by atoms with E-state index in [-0.39, 0.29) is 30.0 Å². The van der Waals surface area contributed by atoms with Crippen LogP contribution in [0.25, 0.3) is 0 Å². The molecule has 1 saturated carbocycles. The maximum Gasteiger partial charge on any atom is 0.319 e. The van der Waals surface area contributed by atoms with Crippen LogP contribution in [-0.2, 0) is 17.8 Å². The van der Waals surface area contributed by atoms with Crippen molar-refractivity contribution in [1.29, 1.82) is 0 Å². The van der Waals surface area contributed by atoms with Crippen molar-refractivity contribution < 1.29 is 19.1 Å². The number of ether oxygens (including phenoxy) is 2. The monoisotopic (exact) mass is 485 g/mol. The van der Waals surface area contributed by atoms with Gasteiger partial charge in [0.2, 0.25) is 5.91 Å². The fraction of sp³-hybridized carbons (Fsp3) is 0.296. The van der Waals surface area contributed by atoms with Crippen LogP contribution >= 0.6 is 0 Å². The molecule has 1 aliphatic carbocycles. The van der Waals surface area contributed by atoms with Crippen LogP contribution in [-0.4, -0.2) is 48.1 Å². The van der Waals surface area contributed by atoms with E-state index in [1.807, 2.05) is 62.6 Å². The van der Waals surface area contributed by atoms with E-state index in [1.54, 1.807) is 6.20 Å². The number of fused-ring (bicyclic) bond motifs is 4. The van der Waals surface area contributed by atoms with E-state index in [1.165, 1.54) is 5.56 Å². The van der Waals surface area contributed by atoms with E-state index >= 15 is 0 Å². The standard InChI is InChI=1S/C27H27N5O4/c1-32(2)14-15-3-5-16(6-4-15)29-27(34)31-24-23-19-13-17(7-9-20(19)36-25(23)24)35-21-11-12-28-26-18(21)8-10-22(33)30-26/h3-7,9,11-13,23-25H,8,10,14H2,1-2H3,(H,28,30,33)(H2,29,31,34)/t23-,24+,25-/m0/s1. The minimum absolute atomic E-state index is 0.0366. The van der Waals surface area contributed by atoms with Gasteiger partial charge in [0.05, 0.1) is 12.0 Å². The number of anilines is 2. The Hall–Kier alpha value is -4.11. The van der Waals surface area contributed by atoms with Crippen LogP contribution < -0.4 is 25.4 Å². The van der Waals surface area contributed by atoms with Gasteiger partial charge in [0.25, 0.3) is 0 Å². The molecule has 0 saturated heterocycles. The van der Waals surface area contributed by atoms with Crippen molar-refractivity contribution in [3.8, 4) is 17.2 Å². The number of pyridine rings is 1. The van der Waals surface area contributed by atoms with Gasteiger partial charge in [-0.25, -0.2) is 9.78 Å². The number of amides is 3. The second-order valence-corrected chi connectivity index (χ2v) is 9.65. The molecule has 2 aromatic carbocycles. The lowest BCUT2D eigenvalue weighted by Crippen LogP contribution is -2.34. The fourth-order valence-corrected chi connectivity index (χ4v) is 4.93. The highest BCUT2D eigenvalue weighted by Crippen LogP contribution is 2.54. The van der Waals surface area contributed by atoms with E-state index in [0.29, 0.717) is 30.2 Å². The molecule has 1 aromatic heterocycles. The second kappa shape index (κ2) is 8.83. The third kappa shape index (κ3) is 4.33. The molecule has 1 fully saturated rings. The van der Waals surface area contributed by atoms with Crippen LogP contribution in [0.15, 0.2) is 54.7 Å². The molecule has 36 heavy (non-hydrogen) atoms. The molecule has 3 amide bonds. The predicted octanol–water partition coefficient (Wildman–Crippen LogP) is 3.87. The molecule has 3 N–H and O–H groups in total. The van der Waals surface area contributed by atoms with Gasteiger partial charge in [-0.2, -0.15) is 0 Å². The molecule has 184 valence electrons. The van der Waals surface area contributed by atoms with E-state index in [4.69, 9.17) is 9.47 Å². The summed E-state index contributed by atoms with van der Waals surface area (Å²) in [7, 11) is 4.04. The third-order valence-corrected chi connectivity index (χ3v) is 6.67. The fourth-order valence-electron chi connectivity index (χ4n) is 4.93. The number of hydrogen-bond donors (Lipinski definition) is 3. The first-order valence-electron chi connectivity index (χ1n) is 12.0. The lowest BCUT2D eigenvalue weighted by Gasteiger charge is -2.19. The Kier molecular flexibility index (Phi) is 5.49. The second-order valence-electron chi connectivity index (χ2n) is 9.65. The van der Waals surface area contributed by atoms with Crippen LogP contribution in [0.2, 0.25) is 0 Å². The van der Waals surface area contributed by atoms with Gasteiger partial charge >= 0.3 is 6.03 Å². The summed E-state index contributed by atoms with van der Waals surface area (Å²) < 4.78 is 12.2. The van der Waals surface area contributed by atoms with Crippen LogP contribution in [0.1, 0.15) is 29.0 Å². The maximum atomic E-state index is 12.6. The summed E-state index contributed by atoms with van der Waals surface area (Å²) in [6.07, 6.45) is 2.55. The zero-order valence-electron chi connectivity index (χ0n) is 20.1. The molecule has 9 nitrogen and oxygen atoms in total. The van der Waals surface area contributed by atoms with Crippen molar-refractivity contribution in [3.05, 3.63) is 71.4 Å². The van der Waals surface area contributed by atoms with Crippen molar-refractivity contribution in [2.75, 3.05) is 24.7 Å². The highest BCUT2D eigenvalue weighted by molar-refractivity contribution is 5.93. The number of carbonyl (C=O) groups excluding carboxylic acids is 2. The smallest absolute Gasteiger partial charge is 0.319 e. The van der Waals surface area contributed by atoms with Crippen LogP contribution in [0.5, 0.6) is 17.2 Å². The molecule has 3 aromatic rings. The Morgan fingerprint density at radius 1 is 1.17 bits per heavy atom. The number of nitrogens with zero attached hydrogens (tertiary/aromatic N) is 2. The molecular weight excluding hydrogens is 458 g/mol. The van der Waals surface area contributed by atoms with E-state index in [0.717, 1.165) is 29.1 Å². The van der Waals surface area contributed by atoms with Gasteiger partial charge in [-0.1, -0.05) is 12.1 Å². The molecule has 3 heterocycles. The quantitative estimate of drug-likeness (QED) is 0.490. The van der Waals surface area contributed by atoms with Gasteiger partial charge in [0, 0.05) is 36.0 Å². The van der Waals surface area contributed by atoms with Gasteiger partial charge in [0.15, 0.2) is 0 Å². The Bertz CT molecular complexity index is 1340.